The van der Waals surface area contributed by atoms with E-state index in [4.69, 9.17) is 5.11 Å². The lowest BCUT2D eigenvalue weighted by molar-refractivity contribution is -0.137. The number of carboxylic acid groups (broad SMARTS) is 1. The Morgan fingerprint density at radius 1 is 1.37 bits per heavy atom. The molecule has 0 atom stereocenters. The molecule has 0 unspecified atom stereocenters. The third kappa shape index (κ3) is 2.95. The zero-order valence-electron chi connectivity index (χ0n) is 9.03. The molecule has 100 valence electrons. The first-order valence-corrected chi connectivity index (χ1v) is 6.46. The fourth-order valence-corrected chi connectivity index (χ4v) is 2.58. The van der Waals surface area contributed by atoms with E-state index in [-0.39, 0.29) is 10.4 Å². The van der Waals surface area contributed by atoms with E-state index in [1.807, 2.05) is 0 Å². The zero-order chi connectivity index (χ0) is 14.2. The Hall–Kier alpha value is -1.41. The van der Waals surface area contributed by atoms with Gasteiger partial charge in [0.05, 0.1) is 10.4 Å². The van der Waals surface area contributed by atoms with Crippen LogP contribution in [0.5, 0.6) is 0 Å². The van der Waals surface area contributed by atoms with Gasteiger partial charge in [-0.3, -0.25) is 0 Å². The molecule has 19 heavy (non-hydrogen) atoms. The van der Waals surface area contributed by atoms with Gasteiger partial charge in [0.15, 0.2) is 5.01 Å². The highest BCUT2D eigenvalue weighted by atomic mass is 79.9. The molecule has 0 spiro atoms. The summed E-state index contributed by atoms with van der Waals surface area (Å²) in [5.74, 6) is -1.16. The van der Waals surface area contributed by atoms with Crippen molar-refractivity contribution in [3.05, 3.63) is 39.4 Å². The van der Waals surface area contributed by atoms with E-state index in [0.717, 1.165) is 6.20 Å². The lowest BCUT2D eigenvalue weighted by atomic mass is 10.1. The van der Waals surface area contributed by atoms with Crippen LogP contribution in [0.15, 0.2) is 28.9 Å². The van der Waals surface area contributed by atoms with Crippen LogP contribution in [-0.2, 0) is 6.18 Å². The van der Waals surface area contributed by atoms with Gasteiger partial charge in [0.1, 0.15) is 0 Å². The van der Waals surface area contributed by atoms with E-state index < -0.39 is 17.2 Å². The summed E-state index contributed by atoms with van der Waals surface area (Å²) >= 11 is 3.54. The fraction of sp³-hybridized carbons (Fsp3) is 0.0909. The van der Waals surface area contributed by atoms with Crippen molar-refractivity contribution in [3.8, 4) is 10.4 Å². The SMILES string of the molecule is O=C(O)c1cc(-c2cnc(C(F)(F)F)s2)ccc1Br. The molecular formula is C11H5BrF3NO2S. The Kier molecular flexibility index (Phi) is 3.64. The molecule has 0 bridgehead atoms. The van der Waals surface area contributed by atoms with Crippen LogP contribution in [0.25, 0.3) is 10.4 Å². The topological polar surface area (TPSA) is 50.2 Å². The van der Waals surface area contributed by atoms with E-state index in [1.54, 1.807) is 0 Å². The standard InChI is InChI=1S/C11H5BrF3NO2S/c12-7-2-1-5(3-6(7)9(17)18)8-4-16-10(19-8)11(13,14)15/h1-4H,(H,17,18). The summed E-state index contributed by atoms with van der Waals surface area (Å²) in [5, 5.41) is 7.99. The van der Waals surface area contributed by atoms with Crippen molar-refractivity contribution < 1.29 is 23.1 Å². The number of rotatable bonds is 2. The van der Waals surface area contributed by atoms with Gasteiger partial charge in [-0.25, -0.2) is 9.78 Å². The molecule has 0 saturated carbocycles. The lowest BCUT2D eigenvalue weighted by Crippen LogP contribution is -2.02. The van der Waals surface area contributed by atoms with Crippen molar-refractivity contribution in [2.45, 2.75) is 6.18 Å². The molecule has 0 aliphatic rings. The van der Waals surface area contributed by atoms with Crippen LogP contribution in [-0.4, -0.2) is 16.1 Å². The van der Waals surface area contributed by atoms with Gasteiger partial charge in [0, 0.05) is 10.7 Å². The molecule has 0 amide bonds. The first-order valence-electron chi connectivity index (χ1n) is 4.85. The van der Waals surface area contributed by atoms with Gasteiger partial charge in [-0.05, 0) is 33.6 Å². The van der Waals surface area contributed by atoms with E-state index in [2.05, 4.69) is 20.9 Å². The molecule has 1 N–H and O–H groups in total. The molecule has 1 aromatic heterocycles. The number of thiazole rings is 1. The van der Waals surface area contributed by atoms with Gasteiger partial charge in [-0.2, -0.15) is 13.2 Å². The van der Waals surface area contributed by atoms with Gasteiger partial charge >= 0.3 is 12.1 Å². The molecule has 2 rings (SSSR count). The fourth-order valence-electron chi connectivity index (χ4n) is 1.38. The summed E-state index contributed by atoms with van der Waals surface area (Å²) in [6, 6.07) is 4.32. The van der Waals surface area contributed by atoms with E-state index in [0.29, 0.717) is 21.4 Å². The van der Waals surface area contributed by atoms with E-state index in [1.165, 1.54) is 18.2 Å². The Balaban J connectivity index is 2.45. The summed E-state index contributed by atoms with van der Waals surface area (Å²) in [7, 11) is 0. The van der Waals surface area contributed by atoms with Crippen LogP contribution in [0.4, 0.5) is 13.2 Å². The van der Waals surface area contributed by atoms with Crippen molar-refractivity contribution in [2.24, 2.45) is 0 Å². The van der Waals surface area contributed by atoms with Gasteiger partial charge < -0.3 is 5.11 Å². The minimum atomic E-state index is -4.49. The predicted octanol–water partition coefficient (Wildman–Crippen LogP) is 4.29. The molecular weight excluding hydrogens is 347 g/mol. The number of hydrogen-bond donors (Lipinski definition) is 1. The second kappa shape index (κ2) is 4.93. The molecule has 0 radical (unpaired) electrons. The molecule has 3 nitrogen and oxygen atoms in total. The highest BCUT2D eigenvalue weighted by molar-refractivity contribution is 9.10. The maximum atomic E-state index is 12.4. The quantitative estimate of drug-likeness (QED) is 0.877. The van der Waals surface area contributed by atoms with Gasteiger partial charge in [-0.15, -0.1) is 11.3 Å². The lowest BCUT2D eigenvalue weighted by Gasteiger charge is -2.02. The Labute approximate surface area is 117 Å². The van der Waals surface area contributed by atoms with Crippen molar-refractivity contribution in [1.29, 1.82) is 0 Å². The molecule has 8 heteroatoms. The number of alkyl halides is 3. The maximum Gasteiger partial charge on any atom is 0.443 e. The predicted molar refractivity (Wildman–Crippen MR) is 67.2 cm³/mol. The maximum absolute atomic E-state index is 12.4. The molecule has 2 aromatic rings. The Morgan fingerprint density at radius 2 is 2.05 bits per heavy atom. The van der Waals surface area contributed by atoms with Crippen LogP contribution in [0.1, 0.15) is 15.4 Å². The molecule has 0 aliphatic heterocycles. The van der Waals surface area contributed by atoms with Crippen LogP contribution in [0.3, 0.4) is 0 Å². The van der Waals surface area contributed by atoms with Crippen molar-refractivity contribution in [3.63, 3.8) is 0 Å². The van der Waals surface area contributed by atoms with Crippen molar-refractivity contribution in [2.75, 3.05) is 0 Å². The summed E-state index contributed by atoms with van der Waals surface area (Å²) in [6.45, 7) is 0. The summed E-state index contributed by atoms with van der Waals surface area (Å²) in [5.41, 5.74) is 0.369. The second-order valence-electron chi connectivity index (χ2n) is 3.53. The Morgan fingerprint density at radius 3 is 2.58 bits per heavy atom. The number of carboxylic acids is 1. The first-order chi connectivity index (χ1) is 8.79. The molecule has 0 aliphatic carbocycles. The molecule has 0 saturated heterocycles. The van der Waals surface area contributed by atoms with Gasteiger partial charge in [0.25, 0.3) is 0 Å². The minimum absolute atomic E-state index is 0.0144. The molecule has 0 fully saturated rings. The number of aromatic nitrogens is 1. The Bertz CT molecular complexity index is 639. The highest BCUT2D eigenvalue weighted by Gasteiger charge is 2.34. The van der Waals surface area contributed by atoms with Gasteiger partial charge in [0.2, 0.25) is 0 Å². The number of aromatic carboxylic acids is 1. The zero-order valence-corrected chi connectivity index (χ0v) is 11.4. The van der Waals surface area contributed by atoms with Gasteiger partial charge in [-0.1, -0.05) is 6.07 Å². The van der Waals surface area contributed by atoms with E-state index >= 15 is 0 Å². The monoisotopic (exact) mass is 351 g/mol. The summed E-state index contributed by atoms with van der Waals surface area (Å²) in [4.78, 5) is 14.5. The highest BCUT2D eigenvalue weighted by Crippen LogP contribution is 2.37. The average Bonchev–Trinajstić information content (AvgIpc) is 2.78. The minimum Gasteiger partial charge on any atom is -0.478 e. The second-order valence-corrected chi connectivity index (χ2v) is 5.41. The average molecular weight is 352 g/mol. The molecule has 1 aromatic carbocycles. The number of benzene rings is 1. The van der Waals surface area contributed by atoms with Crippen LogP contribution in [0.2, 0.25) is 0 Å². The van der Waals surface area contributed by atoms with Crippen LogP contribution in [0, 0.1) is 0 Å². The normalized spacial score (nSPS) is 11.6. The van der Waals surface area contributed by atoms with Crippen molar-refractivity contribution in [1.82, 2.24) is 4.98 Å². The third-order valence-corrected chi connectivity index (χ3v) is 4.01. The van der Waals surface area contributed by atoms with Crippen molar-refractivity contribution >= 4 is 33.2 Å². The van der Waals surface area contributed by atoms with Crippen LogP contribution >= 0.6 is 27.3 Å². The number of halogens is 4. The summed E-state index contributed by atoms with van der Waals surface area (Å²) in [6.07, 6.45) is -3.41. The number of carbonyl (C=O) groups is 1. The smallest absolute Gasteiger partial charge is 0.443 e. The number of nitrogens with zero attached hydrogens (tertiary/aromatic N) is 1. The largest absolute Gasteiger partial charge is 0.478 e. The molecule has 1 heterocycles. The third-order valence-electron chi connectivity index (χ3n) is 2.23. The first kappa shape index (κ1) is 14.0. The number of hydrogen-bond acceptors (Lipinski definition) is 3. The summed E-state index contributed by atoms with van der Waals surface area (Å²) < 4.78 is 37.7. The van der Waals surface area contributed by atoms with E-state index in [9.17, 15) is 18.0 Å². The van der Waals surface area contributed by atoms with Crippen LogP contribution < -0.4 is 0 Å².